The van der Waals surface area contributed by atoms with E-state index in [0.29, 0.717) is 6.54 Å². The predicted octanol–water partition coefficient (Wildman–Crippen LogP) is 1.23. The fourth-order valence-corrected chi connectivity index (χ4v) is 1.79. The molecule has 0 saturated heterocycles. The van der Waals surface area contributed by atoms with Gasteiger partial charge in [0.2, 0.25) is 0 Å². The van der Waals surface area contributed by atoms with Crippen molar-refractivity contribution in [1.82, 2.24) is 14.8 Å². The summed E-state index contributed by atoms with van der Waals surface area (Å²) in [5, 5.41) is 11.8. The van der Waals surface area contributed by atoms with E-state index in [1.54, 1.807) is 0 Å². The molecule has 0 spiro atoms. The molecule has 0 atom stereocenters. The first-order valence-corrected chi connectivity index (χ1v) is 5.38. The SMILES string of the molecule is Cc1nc(C)n(Cc2ccccc2C(=N)N)n1. The van der Waals surface area contributed by atoms with Gasteiger partial charge in [0.1, 0.15) is 17.5 Å². The maximum Gasteiger partial charge on any atom is 0.147 e. The van der Waals surface area contributed by atoms with Crippen molar-refractivity contribution in [2.75, 3.05) is 0 Å². The van der Waals surface area contributed by atoms with E-state index in [1.165, 1.54) is 0 Å². The fraction of sp³-hybridized carbons (Fsp3) is 0.250. The summed E-state index contributed by atoms with van der Waals surface area (Å²) in [5.74, 6) is 1.69. The van der Waals surface area contributed by atoms with Crippen LogP contribution in [0.15, 0.2) is 24.3 Å². The van der Waals surface area contributed by atoms with Crippen LogP contribution < -0.4 is 5.73 Å². The highest BCUT2D eigenvalue weighted by atomic mass is 15.3. The summed E-state index contributed by atoms with van der Waals surface area (Å²) in [6.45, 7) is 4.36. The normalized spacial score (nSPS) is 10.5. The minimum Gasteiger partial charge on any atom is -0.384 e. The molecular weight excluding hydrogens is 214 g/mol. The zero-order valence-corrected chi connectivity index (χ0v) is 9.94. The van der Waals surface area contributed by atoms with Crippen LogP contribution in [0.3, 0.4) is 0 Å². The largest absolute Gasteiger partial charge is 0.384 e. The summed E-state index contributed by atoms with van der Waals surface area (Å²) < 4.78 is 1.82. The number of rotatable bonds is 3. The summed E-state index contributed by atoms with van der Waals surface area (Å²) in [6.07, 6.45) is 0. The second kappa shape index (κ2) is 4.37. The number of hydrogen-bond acceptors (Lipinski definition) is 3. The third-order valence-electron chi connectivity index (χ3n) is 2.59. The molecule has 0 fully saturated rings. The van der Waals surface area contributed by atoms with Gasteiger partial charge in [0, 0.05) is 5.56 Å². The Morgan fingerprint density at radius 3 is 2.65 bits per heavy atom. The van der Waals surface area contributed by atoms with Crippen LogP contribution in [0.2, 0.25) is 0 Å². The lowest BCUT2D eigenvalue weighted by Gasteiger charge is -2.08. The van der Waals surface area contributed by atoms with Gasteiger partial charge in [-0.25, -0.2) is 9.67 Å². The van der Waals surface area contributed by atoms with Gasteiger partial charge < -0.3 is 5.73 Å². The van der Waals surface area contributed by atoms with Gasteiger partial charge in [-0.1, -0.05) is 24.3 Å². The van der Waals surface area contributed by atoms with E-state index in [0.717, 1.165) is 22.8 Å². The first-order valence-electron chi connectivity index (χ1n) is 5.38. The average molecular weight is 229 g/mol. The molecule has 88 valence electrons. The summed E-state index contributed by atoms with van der Waals surface area (Å²) in [6, 6.07) is 7.60. The van der Waals surface area contributed by atoms with Crippen LogP contribution in [0, 0.1) is 19.3 Å². The van der Waals surface area contributed by atoms with Crippen molar-refractivity contribution < 1.29 is 0 Å². The molecule has 17 heavy (non-hydrogen) atoms. The smallest absolute Gasteiger partial charge is 0.147 e. The van der Waals surface area contributed by atoms with Gasteiger partial charge in [0.25, 0.3) is 0 Å². The van der Waals surface area contributed by atoms with Crippen LogP contribution in [0.5, 0.6) is 0 Å². The molecule has 2 rings (SSSR count). The van der Waals surface area contributed by atoms with Crippen LogP contribution in [0.1, 0.15) is 22.8 Å². The Bertz CT molecular complexity index is 556. The molecule has 0 aliphatic rings. The van der Waals surface area contributed by atoms with Gasteiger partial charge >= 0.3 is 0 Å². The van der Waals surface area contributed by atoms with Gasteiger partial charge in [-0.3, -0.25) is 5.41 Å². The van der Waals surface area contributed by atoms with Crippen LogP contribution in [0.25, 0.3) is 0 Å². The highest BCUT2D eigenvalue weighted by Gasteiger charge is 2.08. The number of hydrogen-bond donors (Lipinski definition) is 2. The van der Waals surface area contributed by atoms with Gasteiger partial charge in [-0.2, -0.15) is 5.10 Å². The topological polar surface area (TPSA) is 80.6 Å². The third kappa shape index (κ3) is 2.33. The minimum atomic E-state index is 0.0788. The van der Waals surface area contributed by atoms with Crippen molar-refractivity contribution in [3.63, 3.8) is 0 Å². The number of aryl methyl sites for hydroxylation is 2. The Labute approximate surface area is 99.8 Å². The third-order valence-corrected chi connectivity index (χ3v) is 2.59. The lowest BCUT2D eigenvalue weighted by atomic mass is 10.1. The fourth-order valence-electron chi connectivity index (χ4n) is 1.79. The van der Waals surface area contributed by atoms with Gasteiger partial charge in [0.05, 0.1) is 6.54 Å². The minimum absolute atomic E-state index is 0.0788. The maximum atomic E-state index is 7.53. The molecule has 0 aliphatic carbocycles. The average Bonchev–Trinajstić information content (AvgIpc) is 2.58. The molecule has 0 saturated carbocycles. The number of amidine groups is 1. The lowest BCUT2D eigenvalue weighted by molar-refractivity contribution is 0.655. The van der Waals surface area contributed by atoms with Crippen LogP contribution >= 0.6 is 0 Å². The highest BCUT2D eigenvalue weighted by Crippen LogP contribution is 2.10. The Morgan fingerprint density at radius 2 is 2.06 bits per heavy atom. The molecule has 0 amide bonds. The second-order valence-corrected chi connectivity index (χ2v) is 3.93. The van der Waals surface area contributed by atoms with E-state index in [2.05, 4.69) is 10.1 Å². The molecule has 3 N–H and O–H groups in total. The maximum absolute atomic E-state index is 7.53. The van der Waals surface area contributed by atoms with Crippen LogP contribution in [-0.2, 0) is 6.54 Å². The van der Waals surface area contributed by atoms with Crippen molar-refractivity contribution >= 4 is 5.84 Å². The Morgan fingerprint density at radius 1 is 1.35 bits per heavy atom. The van der Waals surface area contributed by atoms with Gasteiger partial charge in [-0.05, 0) is 19.4 Å². The first kappa shape index (κ1) is 11.3. The van der Waals surface area contributed by atoms with Crippen molar-refractivity contribution in [2.45, 2.75) is 20.4 Å². The van der Waals surface area contributed by atoms with Gasteiger partial charge in [-0.15, -0.1) is 0 Å². The summed E-state index contributed by atoms with van der Waals surface area (Å²) >= 11 is 0. The van der Waals surface area contributed by atoms with Crippen molar-refractivity contribution in [1.29, 1.82) is 5.41 Å². The molecule has 0 radical (unpaired) electrons. The van der Waals surface area contributed by atoms with Gasteiger partial charge in [0.15, 0.2) is 0 Å². The van der Waals surface area contributed by atoms with E-state index in [-0.39, 0.29) is 5.84 Å². The van der Waals surface area contributed by atoms with Crippen LogP contribution in [-0.4, -0.2) is 20.6 Å². The number of aromatic nitrogens is 3. The monoisotopic (exact) mass is 229 g/mol. The second-order valence-electron chi connectivity index (χ2n) is 3.93. The van der Waals surface area contributed by atoms with E-state index < -0.39 is 0 Å². The van der Waals surface area contributed by atoms with Crippen LogP contribution in [0.4, 0.5) is 0 Å². The first-order chi connectivity index (χ1) is 8.08. The number of nitrogens with one attached hydrogen (secondary N) is 1. The number of nitrogens with two attached hydrogens (primary N) is 1. The Balaban J connectivity index is 2.36. The van der Waals surface area contributed by atoms with E-state index in [1.807, 2.05) is 42.8 Å². The van der Waals surface area contributed by atoms with E-state index in [9.17, 15) is 0 Å². The highest BCUT2D eigenvalue weighted by molar-refractivity contribution is 5.96. The van der Waals surface area contributed by atoms with Crippen molar-refractivity contribution in [3.05, 3.63) is 47.0 Å². The summed E-state index contributed by atoms with van der Waals surface area (Å²) in [7, 11) is 0. The predicted molar refractivity (Wildman–Crippen MR) is 66.1 cm³/mol. The summed E-state index contributed by atoms with van der Waals surface area (Å²) in [4.78, 5) is 4.25. The standard InChI is InChI=1S/C12H15N5/c1-8-15-9(2)17(16-8)7-10-5-3-4-6-11(10)12(13)14/h3-6H,7H2,1-2H3,(H3,13,14). The molecule has 0 bridgehead atoms. The molecule has 5 nitrogen and oxygen atoms in total. The molecule has 1 aromatic carbocycles. The zero-order valence-electron chi connectivity index (χ0n) is 9.94. The zero-order chi connectivity index (χ0) is 12.4. The van der Waals surface area contributed by atoms with E-state index in [4.69, 9.17) is 11.1 Å². The molecule has 5 heteroatoms. The number of nitrogen functional groups attached to an aromatic ring is 1. The number of nitrogens with zero attached hydrogens (tertiary/aromatic N) is 3. The lowest BCUT2D eigenvalue weighted by Crippen LogP contribution is -2.16. The molecule has 0 unspecified atom stereocenters. The quantitative estimate of drug-likeness (QED) is 0.613. The van der Waals surface area contributed by atoms with Crippen molar-refractivity contribution in [2.24, 2.45) is 5.73 Å². The Hall–Kier alpha value is -2.17. The molecule has 1 aromatic heterocycles. The molecule has 2 aromatic rings. The summed E-state index contributed by atoms with van der Waals surface area (Å²) in [5.41, 5.74) is 7.28. The van der Waals surface area contributed by atoms with E-state index >= 15 is 0 Å². The van der Waals surface area contributed by atoms with Crippen molar-refractivity contribution in [3.8, 4) is 0 Å². The Kier molecular flexibility index (Phi) is 2.91. The molecular formula is C12H15N5. The number of benzene rings is 1. The molecule has 1 heterocycles. The molecule has 0 aliphatic heterocycles.